The van der Waals surface area contributed by atoms with E-state index in [1.165, 1.54) is 0 Å². The standard InChI is InChI=1S/C7H10N2O/c1-5-4-9(3)7(10)8-6(5)2/h1-2,4H2,3H3,(H,8,10). The van der Waals surface area contributed by atoms with Gasteiger partial charge in [0.2, 0.25) is 0 Å². The normalized spacial score (nSPS) is 19.3. The van der Waals surface area contributed by atoms with Crippen LogP contribution in [0.2, 0.25) is 0 Å². The van der Waals surface area contributed by atoms with Crippen molar-refractivity contribution in [1.82, 2.24) is 10.2 Å². The number of rotatable bonds is 0. The molecule has 0 aromatic rings. The molecule has 0 radical (unpaired) electrons. The Labute approximate surface area is 60.0 Å². The Morgan fingerprint density at radius 3 is 2.70 bits per heavy atom. The molecule has 1 aliphatic heterocycles. The minimum Gasteiger partial charge on any atom is -0.323 e. The first-order valence-corrected chi connectivity index (χ1v) is 3.00. The molecular formula is C7H10N2O. The quantitative estimate of drug-likeness (QED) is 0.525. The van der Waals surface area contributed by atoms with Crippen molar-refractivity contribution in [2.75, 3.05) is 13.6 Å². The van der Waals surface area contributed by atoms with Crippen molar-refractivity contribution in [2.45, 2.75) is 0 Å². The smallest absolute Gasteiger partial charge is 0.321 e. The lowest BCUT2D eigenvalue weighted by Crippen LogP contribution is -2.43. The van der Waals surface area contributed by atoms with Crippen LogP contribution < -0.4 is 5.32 Å². The molecule has 0 aromatic heterocycles. The zero-order valence-corrected chi connectivity index (χ0v) is 5.98. The fraction of sp³-hybridized carbons (Fsp3) is 0.286. The molecule has 3 heteroatoms. The minimum atomic E-state index is -0.114. The van der Waals surface area contributed by atoms with E-state index >= 15 is 0 Å². The Morgan fingerprint density at radius 2 is 2.20 bits per heavy atom. The van der Waals surface area contributed by atoms with Gasteiger partial charge in [0.05, 0.1) is 0 Å². The molecule has 1 aliphatic rings. The fourth-order valence-electron chi connectivity index (χ4n) is 0.766. The maximum absolute atomic E-state index is 10.9. The maximum atomic E-state index is 10.9. The van der Waals surface area contributed by atoms with Crippen LogP contribution in [0.25, 0.3) is 0 Å². The Balaban J connectivity index is 2.72. The predicted molar refractivity (Wildman–Crippen MR) is 39.4 cm³/mol. The Kier molecular flexibility index (Phi) is 1.49. The van der Waals surface area contributed by atoms with Gasteiger partial charge in [-0.1, -0.05) is 13.2 Å². The second kappa shape index (κ2) is 2.17. The Bertz CT molecular complexity index is 208. The van der Waals surface area contributed by atoms with Gasteiger partial charge in [-0.3, -0.25) is 0 Å². The molecule has 1 fully saturated rings. The van der Waals surface area contributed by atoms with Crippen molar-refractivity contribution in [3.63, 3.8) is 0 Å². The van der Waals surface area contributed by atoms with Crippen LogP contribution in [0.15, 0.2) is 24.4 Å². The second-order valence-corrected chi connectivity index (χ2v) is 2.37. The predicted octanol–water partition coefficient (Wildman–Crippen LogP) is 0.711. The van der Waals surface area contributed by atoms with Crippen molar-refractivity contribution in [3.8, 4) is 0 Å². The van der Waals surface area contributed by atoms with E-state index in [4.69, 9.17) is 0 Å². The number of carbonyl (C=O) groups excluding carboxylic acids is 1. The summed E-state index contributed by atoms with van der Waals surface area (Å²) in [6, 6.07) is -0.114. The summed E-state index contributed by atoms with van der Waals surface area (Å²) >= 11 is 0. The highest BCUT2D eigenvalue weighted by atomic mass is 16.2. The number of carbonyl (C=O) groups is 1. The highest BCUT2D eigenvalue weighted by Crippen LogP contribution is 2.09. The molecule has 0 atom stereocenters. The number of likely N-dealkylation sites (N-methyl/N-ethyl adjacent to an activating group) is 1. The average Bonchev–Trinajstić information content (AvgIpc) is 1.84. The van der Waals surface area contributed by atoms with Crippen LogP contribution in [0, 0.1) is 0 Å². The Hall–Kier alpha value is -1.25. The number of hydrogen-bond acceptors (Lipinski definition) is 1. The van der Waals surface area contributed by atoms with Crippen LogP contribution >= 0.6 is 0 Å². The first kappa shape index (κ1) is 6.86. The van der Waals surface area contributed by atoms with E-state index in [1.54, 1.807) is 11.9 Å². The monoisotopic (exact) mass is 138 g/mol. The number of amides is 2. The number of nitrogens with zero attached hydrogens (tertiary/aromatic N) is 1. The summed E-state index contributed by atoms with van der Waals surface area (Å²) in [6.07, 6.45) is 0. The average molecular weight is 138 g/mol. The van der Waals surface area contributed by atoms with Crippen LogP contribution in [0.1, 0.15) is 0 Å². The molecule has 2 amide bonds. The van der Waals surface area contributed by atoms with E-state index in [9.17, 15) is 4.79 Å². The SMILES string of the molecule is C=C1CN(C)C(=O)NC1=C. The molecule has 10 heavy (non-hydrogen) atoms. The van der Waals surface area contributed by atoms with E-state index in [1.807, 2.05) is 0 Å². The lowest BCUT2D eigenvalue weighted by atomic mass is 10.2. The van der Waals surface area contributed by atoms with Crippen LogP contribution in [0.4, 0.5) is 4.79 Å². The summed E-state index contributed by atoms with van der Waals surface area (Å²) in [6.45, 7) is 7.92. The molecule has 0 bridgehead atoms. The largest absolute Gasteiger partial charge is 0.323 e. The van der Waals surface area contributed by atoms with Crippen LogP contribution in [0.5, 0.6) is 0 Å². The zero-order valence-electron chi connectivity index (χ0n) is 5.98. The van der Waals surface area contributed by atoms with E-state index < -0.39 is 0 Å². The first-order chi connectivity index (χ1) is 4.61. The Morgan fingerprint density at radius 1 is 1.60 bits per heavy atom. The second-order valence-electron chi connectivity index (χ2n) is 2.37. The van der Waals surface area contributed by atoms with Crippen molar-refractivity contribution in [3.05, 3.63) is 24.4 Å². The van der Waals surface area contributed by atoms with Crippen molar-refractivity contribution >= 4 is 6.03 Å². The molecule has 54 valence electrons. The molecule has 3 nitrogen and oxygen atoms in total. The molecule has 0 aromatic carbocycles. The van der Waals surface area contributed by atoms with E-state index in [0.717, 1.165) is 5.57 Å². The summed E-state index contributed by atoms with van der Waals surface area (Å²) in [5, 5.41) is 2.57. The van der Waals surface area contributed by atoms with Crippen molar-refractivity contribution in [2.24, 2.45) is 0 Å². The maximum Gasteiger partial charge on any atom is 0.321 e. The van der Waals surface area contributed by atoms with Gasteiger partial charge in [-0.2, -0.15) is 0 Å². The fourth-order valence-corrected chi connectivity index (χ4v) is 0.766. The van der Waals surface area contributed by atoms with Crippen molar-refractivity contribution in [1.29, 1.82) is 0 Å². The van der Waals surface area contributed by atoms with Gasteiger partial charge < -0.3 is 10.2 Å². The summed E-state index contributed by atoms with van der Waals surface area (Å²) in [5.41, 5.74) is 1.49. The van der Waals surface area contributed by atoms with Gasteiger partial charge in [0.1, 0.15) is 0 Å². The molecule has 1 N–H and O–H groups in total. The molecule has 1 rings (SSSR count). The van der Waals surface area contributed by atoms with Gasteiger partial charge in [0.25, 0.3) is 0 Å². The van der Waals surface area contributed by atoms with Gasteiger partial charge in [-0.25, -0.2) is 4.79 Å². The highest BCUT2D eigenvalue weighted by Gasteiger charge is 2.17. The van der Waals surface area contributed by atoms with Gasteiger partial charge in [0, 0.05) is 19.3 Å². The van der Waals surface area contributed by atoms with Gasteiger partial charge >= 0.3 is 6.03 Å². The molecule has 1 heterocycles. The third kappa shape index (κ3) is 1.03. The molecule has 0 aliphatic carbocycles. The first-order valence-electron chi connectivity index (χ1n) is 3.00. The van der Waals surface area contributed by atoms with Crippen LogP contribution in [-0.4, -0.2) is 24.5 Å². The number of nitrogens with one attached hydrogen (secondary N) is 1. The molecule has 0 saturated carbocycles. The third-order valence-electron chi connectivity index (χ3n) is 1.46. The molecule has 0 unspecified atom stereocenters. The number of urea groups is 1. The van der Waals surface area contributed by atoms with E-state index in [2.05, 4.69) is 18.5 Å². The summed E-state index contributed by atoms with van der Waals surface area (Å²) in [5.74, 6) is 0. The highest BCUT2D eigenvalue weighted by molar-refractivity contribution is 5.79. The summed E-state index contributed by atoms with van der Waals surface area (Å²) in [4.78, 5) is 12.4. The van der Waals surface area contributed by atoms with Crippen LogP contribution in [-0.2, 0) is 0 Å². The van der Waals surface area contributed by atoms with Crippen molar-refractivity contribution < 1.29 is 4.79 Å². The lowest BCUT2D eigenvalue weighted by molar-refractivity contribution is 0.211. The summed E-state index contributed by atoms with van der Waals surface area (Å²) < 4.78 is 0. The molecule has 0 spiro atoms. The summed E-state index contributed by atoms with van der Waals surface area (Å²) in [7, 11) is 1.72. The van der Waals surface area contributed by atoms with Gasteiger partial charge in [-0.05, 0) is 5.57 Å². The van der Waals surface area contributed by atoms with E-state index in [0.29, 0.717) is 12.2 Å². The van der Waals surface area contributed by atoms with E-state index in [-0.39, 0.29) is 6.03 Å². The van der Waals surface area contributed by atoms with Gasteiger partial charge in [0.15, 0.2) is 0 Å². The zero-order chi connectivity index (χ0) is 7.72. The number of hydrogen-bond donors (Lipinski definition) is 1. The minimum absolute atomic E-state index is 0.114. The topological polar surface area (TPSA) is 32.3 Å². The third-order valence-corrected chi connectivity index (χ3v) is 1.46. The molecular weight excluding hydrogens is 128 g/mol. The lowest BCUT2D eigenvalue weighted by Gasteiger charge is -2.26. The van der Waals surface area contributed by atoms with Gasteiger partial charge in [-0.15, -0.1) is 0 Å². The van der Waals surface area contributed by atoms with Crippen LogP contribution in [0.3, 0.4) is 0 Å². The molecule has 1 saturated heterocycles.